The molecule has 0 aliphatic carbocycles. The van der Waals surface area contributed by atoms with Crippen LogP contribution in [-0.4, -0.2) is 15.3 Å². The summed E-state index contributed by atoms with van der Waals surface area (Å²) in [4.78, 5) is 7.68. The summed E-state index contributed by atoms with van der Waals surface area (Å²) < 4.78 is 0. The summed E-state index contributed by atoms with van der Waals surface area (Å²) in [5.74, 6) is 1.02. The molecule has 0 fully saturated rings. The van der Waals surface area contributed by atoms with Gasteiger partial charge in [0.05, 0.1) is 11.0 Å². The van der Waals surface area contributed by atoms with Gasteiger partial charge in [-0.2, -0.15) is 0 Å². The number of aromatic amines is 1. The molecule has 13 heavy (non-hydrogen) atoms. The number of para-hydroxylation sites is 2. The zero-order valence-electron chi connectivity index (χ0n) is 7.16. The molecule has 1 aromatic carbocycles. The maximum atomic E-state index is 4.77. The highest BCUT2D eigenvalue weighted by molar-refractivity contribution is 7.78. The minimum Gasteiger partial charge on any atom is -0.342 e. The zero-order chi connectivity index (χ0) is 9.10. The molecule has 0 atom stereocenters. The highest BCUT2D eigenvalue weighted by Crippen LogP contribution is 2.10. The topological polar surface area (TPSA) is 28.7 Å². The first kappa shape index (κ1) is 8.38. The summed E-state index contributed by atoms with van der Waals surface area (Å²) in [5, 5.41) is 1.74. The Hall–Kier alpha value is -1.22. The van der Waals surface area contributed by atoms with Crippen molar-refractivity contribution in [2.24, 2.45) is 0 Å². The van der Waals surface area contributed by atoms with Crippen LogP contribution in [0.2, 0.25) is 0 Å². The minimum atomic E-state index is 0.898. The largest absolute Gasteiger partial charge is 0.342 e. The van der Waals surface area contributed by atoms with Gasteiger partial charge >= 0.3 is 0 Å². The van der Waals surface area contributed by atoms with Crippen LogP contribution in [-0.2, 0) is 6.42 Å². The number of hydrogen-bond acceptors (Lipinski definition) is 2. The molecular formula is C10H10N2S. The lowest BCUT2D eigenvalue weighted by atomic mass is 10.3. The number of aromatic nitrogens is 2. The van der Waals surface area contributed by atoms with Crippen LogP contribution >= 0.6 is 12.2 Å². The van der Waals surface area contributed by atoms with Gasteiger partial charge in [0.1, 0.15) is 5.82 Å². The first-order valence-corrected chi connectivity index (χ1v) is 4.74. The van der Waals surface area contributed by atoms with Gasteiger partial charge in [0.2, 0.25) is 0 Å². The SMILES string of the molecule is S=CCCc1nc2ccccc2[nH]1. The Bertz CT molecular complexity index is 387. The molecule has 3 heteroatoms. The second-order valence-electron chi connectivity index (χ2n) is 2.91. The Kier molecular flexibility index (Phi) is 2.36. The fraction of sp³-hybridized carbons (Fsp3) is 0.200. The van der Waals surface area contributed by atoms with E-state index < -0.39 is 0 Å². The maximum absolute atomic E-state index is 4.77. The van der Waals surface area contributed by atoms with Crippen LogP contribution in [0.15, 0.2) is 24.3 Å². The van der Waals surface area contributed by atoms with E-state index in [0.717, 1.165) is 29.7 Å². The molecule has 2 aromatic rings. The molecule has 0 unspecified atom stereocenters. The zero-order valence-corrected chi connectivity index (χ0v) is 7.97. The smallest absolute Gasteiger partial charge is 0.107 e. The summed E-state index contributed by atoms with van der Waals surface area (Å²) in [6.45, 7) is 0. The van der Waals surface area contributed by atoms with Crippen LogP contribution in [0, 0.1) is 0 Å². The fourth-order valence-electron chi connectivity index (χ4n) is 1.32. The molecule has 0 amide bonds. The monoisotopic (exact) mass is 190 g/mol. The molecule has 0 bridgehead atoms. The number of aryl methyl sites for hydroxylation is 1. The number of hydrogen-bond donors (Lipinski definition) is 1. The Labute approximate surface area is 82.0 Å². The summed E-state index contributed by atoms with van der Waals surface area (Å²) in [6, 6.07) is 8.03. The second kappa shape index (κ2) is 3.66. The second-order valence-corrected chi connectivity index (χ2v) is 3.24. The first-order valence-electron chi connectivity index (χ1n) is 4.27. The van der Waals surface area contributed by atoms with Crippen molar-refractivity contribution in [2.75, 3.05) is 0 Å². The maximum Gasteiger partial charge on any atom is 0.107 e. The number of imidazole rings is 1. The number of nitrogens with zero attached hydrogens (tertiary/aromatic N) is 1. The van der Waals surface area contributed by atoms with Crippen LogP contribution in [0.25, 0.3) is 11.0 Å². The van der Waals surface area contributed by atoms with Gasteiger partial charge in [-0.15, -0.1) is 0 Å². The molecule has 0 aliphatic heterocycles. The van der Waals surface area contributed by atoms with Gasteiger partial charge in [0.15, 0.2) is 0 Å². The fourth-order valence-corrected chi connectivity index (χ4v) is 1.44. The van der Waals surface area contributed by atoms with E-state index in [4.69, 9.17) is 12.2 Å². The minimum absolute atomic E-state index is 0.898. The normalized spacial score (nSPS) is 10.5. The van der Waals surface area contributed by atoms with Crippen molar-refractivity contribution in [2.45, 2.75) is 12.8 Å². The van der Waals surface area contributed by atoms with Crippen LogP contribution < -0.4 is 0 Å². The summed E-state index contributed by atoms with van der Waals surface area (Å²) in [5.41, 5.74) is 2.13. The van der Waals surface area contributed by atoms with E-state index in [0.29, 0.717) is 0 Å². The molecule has 66 valence electrons. The molecule has 0 radical (unpaired) electrons. The Morgan fingerprint density at radius 2 is 2.23 bits per heavy atom. The third-order valence-corrected chi connectivity index (χ3v) is 2.17. The van der Waals surface area contributed by atoms with Gasteiger partial charge in [0.25, 0.3) is 0 Å². The van der Waals surface area contributed by atoms with Crippen LogP contribution in [0.3, 0.4) is 0 Å². The number of thiocarbonyl (C=S) groups is 1. The number of benzene rings is 1. The predicted molar refractivity (Wildman–Crippen MR) is 58.1 cm³/mol. The van der Waals surface area contributed by atoms with Gasteiger partial charge in [-0.05, 0) is 23.9 Å². The van der Waals surface area contributed by atoms with Crippen molar-refractivity contribution in [3.05, 3.63) is 30.1 Å². The Morgan fingerprint density at radius 1 is 1.38 bits per heavy atom. The number of rotatable bonds is 3. The van der Waals surface area contributed by atoms with E-state index in [2.05, 4.69) is 9.97 Å². The lowest BCUT2D eigenvalue weighted by Crippen LogP contribution is -1.86. The third-order valence-electron chi connectivity index (χ3n) is 1.94. The van der Waals surface area contributed by atoms with Gasteiger partial charge in [-0.25, -0.2) is 4.98 Å². The molecule has 0 spiro atoms. The van der Waals surface area contributed by atoms with E-state index in [-0.39, 0.29) is 0 Å². The average molecular weight is 190 g/mol. The molecule has 2 nitrogen and oxygen atoms in total. The van der Waals surface area contributed by atoms with E-state index in [1.165, 1.54) is 0 Å². The Balaban J connectivity index is 2.32. The number of fused-ring (bicyclic) bond motifs is 1. The highest BCUT2D eigenvalue weighted by atomic mass is 32.1. The average Bonchev–Trinajstić information content (AvgIpc) is 2.57. The van der Waals surface area contributed by atoms with Crippen molar-refractivity contribution in [3.8, 4) is 0 Å². The van der Waals surface area contributed by atoms with E-state index in [9.17, 15) is 0 Å². The van der Waals surface area contributed by atoms with Crippen molar-refractivity contribution in [3.63, 3.8) is 0 Å². The van der Waals surface area contributed by atoms with Crippen LogP contribution in [0.4, 0.5) is 0 Å². The van der Waals surface area contributed by atoms with E-state index >= 15 is 0 Å². The number of nitrogens with one attached hydrogen (secondary N) is 1. The van der Waals surface area contributed by atoms with Crippen LogP contribution in [0.5, 0.6) is 0 Å². The standard InChI is InChI=1S/C10H10N2S/c13-7-3-6-10-11-8-4-1-2-5-9(8)12-10/h1-2,4-5,7H,3,6H2,(H,11,12). The van der Waals surface area contributed by atoms with E-state index in [1.807, 2.05) is 24.3 Å². The molecule has 1 aromatic heterocycles. The van der Waals surface area contributed by atoms with Crippen LogP contribution in [0.1, 0.15) is 12.2 Å². The summed E-state index contributed by atoms with van der Waals surface area (Å²) in [6.07, 6.45) is 1.80. The first-order chi connectivity index (χ1) is 6.40. The summed E-state index contributed by atoms with van der Waals surface area (Å²) >= 11 is 4.77. The molecule has 0 aliphatic rings. The van der Waals surface area contributed by atoms with Crippen molar-refractivity contribution >= 4 is 28.6 Å². The van der Waals surface area contributed by atoms with Gasteiger partial charge < -0.3 is 4.98 Å². The van der Waals surface area contributed by atoms with Crippen molar-refractivity contribution in [1.82, 2.24) is 9.97 Å². The number of H-pyrrole nitrogens is 1. The summed E-state index contributed by atoms with van der Waals surface area (Å²) in [7, 11) is 0. The van der Waals surface area contributed by atoms with Gasteiger partial charge in [-0.1, -0.05) is 24.4 Å². The lowest BCUT2D eigenvalue weighted by molar-refractivity contribution is 0.956. The molecule has 0 saturated carbocycles. The quantitative estimate of drug-likeness (QED) is 0.753. The molecule has 2 rings (SSSR count). The van der Waals surface area contributed by atoms with Crippen molar-refractivity contribution < 1.29 is 0 Å². The highest BCUT2D eigenvalue weighted by Gasteiger charge is 1.99. The predicted octanol–water partition coefficient (Wildman–Crippen LogP) is 2.50. The Morgan fingerprint density at radius 3 is 3.00 bits per heavy atom. The van der Waals surface area contributed by atoms with Crippen molar-refractivity contribution in [1.29, 1.82) is 0 Å². The van der Waals surface area contributed by atoms with Gasteiger partial charge in [-0.3, -0.25) is 0 Å². The lowest BCUT2D eigenvalue weighted by Gasteiger charge is -1.87. The van der Waals surface area contributed by atoms with Gasteiger partial charge in [0, 0.05) is 6.42 Å². The molecule has 0 saturated heterocycles. The van der Waals surface area contributed by atoms with E-state index in [1.54, 1.807) is 5.37 Å². The molecular weight excluding hydrogens is 180 g/mol. The molecule has 1 N–H and O–H groups in total. The molecule has 1 heterocycles. The third kappa shape index (κ3) is 1.75.